The number of dihydropyridines is 1. The van der Waals surface area contributed by atoms with Gasteiger partial charge in [-0.2, -0.15) is 0 Å². The molecule has 3 rings (SSSR count). The standard InChI is InChI=1S/C18H14ClNO2/c19-18-8-4-5-14(20-18)13-21-15-9-11-17(12-10-15)22-16-6-2-1-3-7-16/h1-13,20H. The highest BCUT2D eigenvalue weighted by Crippen LogP contribution is 2.23. The molecule has 2 aromatic carbocycles. The summed E-state index contributed by atoms with van der Waals surface area (Å²) in [6.07, 6.45) is 7.11. The molecule has 0 fully saturated rings. The summed E-state index contributed by atoms with van der Waals surface area (Å²) < 4.78 is 11.3. The third kappa shape index (κ3) is 3.93. The number of para-hydroxylation sites is 1. The van der Waals surface area contributed by atoms with Crippen molar-refractivity contribution in [3.05, 3.63) is 89.9 Å². The molecule has 0 aliphatic carbocycles. The van der Waals surface area contributed by atoms with Crippen LogP contribution < -0.4 is 14.8 Å². The van der Waals surface area contributed by atoms with Gasteiger partial charge in [0.15, 0.2) is 0 Å². The molecule has 0 amide bonds. The Morgan fingerprint density at radius 3 is 2.27 bits per heavy atom. The number of ether oxygens (including phenoxy) is 2. The van der Waals surface area contributed by atoms with Gasteiger partial charge in [-0.1, -0.05) is 35.9 Å². The molecule has 1 aliphatic heterocycles. The van der Waals surface area contributed by atoms with Crippen LogP contribution in [0, 0.1) is 0 Å². The molecule has 0 saturated carbocycles. The van der Waals surface area contributed by atoms with Crippen LogP contribution in [0.1, 0.15) is 0 Å². The van der Waals surface area contributed by atoms with E-state index in [9.17, 15) is 0 Å². The van der Waals surface area contributed by atoms with E-state index in [1.165, 1.54) is 0 Å². The van der Waals surface area contributed by atoms with Crippen LogP contribution in [0.15, 0.2) is 89.9 Å². The fourth-order valence-electron chi connectivity index (χ4n) is 1.87. The molecule has 1 aliphatic rings. The molecular weight excluding hydrogens is 298 g/mol. The van der Waals surface area contributed by atoms with E-state index in [1.54, 1.807) is 12.3 Å². The summed E-state index contributed by atoms with van der Waals surface area (Å²) in [4.78, 5) is 0. The summed E-state index contributed by atoms with van der Waals surface area (Å²) in [6.45, 7) is 0. The van der Waals surface area contributed by atoms with Gasteiger partial charge in [0.1, 0.15) is 28.7 Å². The summed E-state index contributed by atoms with van der Waals surface area (Å²) in [5.41, 5.74) is 0.789. The van der Waals surface area contributed by atoms with Gasteiger partial charge in [0.25, 0.3) is 0 Å². The van der Waals surface area contributed by atoms with Crippen molar-refractivity contribution >= 4 is 11.6 Å². The van der Waals surface area contributed by atoms with Gasteiger partial charge in [-0.05, 0) is 48.6 Å². The van der Waals surface area contributed by atoms with Crippen molar-refractivity contribution in [1.29, 1.82) is 0 Å². The molecule has 0 bridgehead atoms. The second kappa shape index (κ2) is 6.87. The van der Waals surface area contributed by atoms with Crippen molar-refractivity contribution < 1.29 is 9.47 Å². The van der Waals surface area contributed by atoms with Crippen molar-refractivity contribution in [3.63, 3.8) is 0 Å². The third-order valence-corrected chi connectivity index (χ3v) is 3.13. The zero-order valence-corrected chi connectivity index (χ0v) is 12.5. The second-order valence-corrected chi connectivity index (χ2v) is 4.98. The van der Waals surface area contributed by atoms with Gasteiger partial charge in [-0.15, -0.1) is 0 Å². The van der Waals surface area contributed by atoms with Crippen LogP contribution in [0.5, 0.6) is 17.2 Å². The number of nitrogens with one attached hydrogen (secondary N) is 1. The molecule has 0 aromatic heterocycles. The Kier molecular flexibility index (Phi) is 4.47. The Morgan fingerprint density at radius 2 is 1.55 bits per heavy atom. The molecule has 0 saturated heterocycles. The molecule has 1 heterocycles. The molecule has 22 heavy (non-hydrogen) atoms. The van der Waals surface area contributed by atoms with Crippen molar-refractivity contribution in [1.82, 2.24) is 5.32 Å². The van der Waals surface area contributed by atoms with Crippen LogP contribution in [-0.4, -0.2) is 0 Å². The second-order valence-electron chi connectivity index (χ2n) is 4.58. The number of benzene rings is 2. The lowest BCUT2D eigenvalue weighted by molar-refractivity contribution is 0.464. The van der Waals surface area contributed by atoms with Crippen molar-refractivity contribution in [2.45, 2.75) is 0 Å². The Morgan fingerprint density at radius 1 is 0.864 bits per heavy atom. The number of rotatable bonds is 4. The molecule has 2 aromatic rings. The van der Waals surface area contributed by atoms with Crippen LogP contribution in [0.25, 0.3) is 0 Å². The summed E-state index contributed by atoms with van der Waals surface area (Å²) >= 11 is 5.88. The van der Waals surface area contributed by atoms with Crippen LogP contribution in [-0.2, 0) is 0 Å². The molecule has 0 spiro atoms. The zero-order chi connectivity index (χ0) is 15.2. The predicted octanol–water partition coefficient (Wildman–Crippen LogP) is 4.94. The van der Waals surface area contributed by atoms with E-state index >= 15 is 0 Å². The number of halogens is 1. The Hall–Kier alpha value is -2.65. The van der Waals surface area contributed by atoms with E-state index in [1.807, 2.05) is 66.7 Å². The van der Waals surface area contributed by atoms with Gasteiger partial charge in [0, 0.05) is 0 Å². The van der Waals surface area contributed by atoms with E-state index < -0.39 is 0 Å². The van der Waals surface area contributed by atoms with Crippen molar-refractivity contribution in [2.24, 2.45) is 0 Å². The summed E-state index contributed by atoms with van der Waals surface area (Å²) in [6, 6.07) is 17.0. The summed E-state index contributed by atoms with van der Waals surface area (Å²) in [5, 5.41) is 3.54. The first-order chi connectivity index (χ1) is 10.8. The fraction of sp³-hybridized carbons (Fsp3) is 0. The van der Waals surface area contributed by atoms with Gasteiger partial charge in [0.2, 0.25) is 0 Å². The minimum Gasteiger partial charge on any atom is -0.463 e. The highest BCUT2D eigenvalue weighted by Gasteiger charge is 2.01. The third-order valence-electron chi connectivity index (χ3n) is 2.91. The van der Waals surface area contributed by atoms with Crippen LogP contribution in [0.3, 0.4) is 0 Å². The van der Waals surface area contributed by atoms with Crippen molar-refractivity contribution in [2.75, 3.05) is 0 Å². The highest BCUT2D eigenvalue weighted by atomic mass is 35.5. The maximum absolute atomic E-state index is 5.88. The maximum Gasteiger partial charge on any atom is 0.127 e. The molecule has 1 N–H and O–H groups in total. The SMILES string of the molecule is ClC1=CC=CC(=COc2ccc(Oc3ccccc3)cc2)N1. The van der Waals surface area contributed by atoms with Crippen LogP contribution in [0.4, 0.5) is 0 Å². The van der Waals surface area contributed by atoms with E-state index in [0.29, 0.717) is 10.9 Å². The number of hydrogen-bond acceptors (Lipinski definition) is 3. The molecule has 110 valence electrons. The summed E-state index contributed by atoms with van der Waals surface area (Å²) in [5.74, 6) is 2.28. The minimum absolute atomic E-state index is 0.559. The lowest BCUT2D eigenvalue weighted by Crippen LogP contribution is -2.10. The first-order valence-electron chi connectivity index (χ1n) is 6.80. The maximum atomic E-state index is 5.88. The Bertz CT molecular complexity index is 719. The molecule has 0 atom stereocenters. The average Bonchev–Trinajstić information content (AvgIpc) is 2.55. The van der Waals surface area contributed by atoms with Gasteiger partial charge in [-0.25, -0.2) is 0 Å². The topological polar surface area (TPSA) is 30.5 Å². The van der Waals surface area contributed by atoms with Crippen LogP contribution >= 0.6 is 11.6 Å². The highest BCUT2D eigenvalue weighted by molar-refractivity contribution is 6.29. The zero-order valence-electron chi connectivity index (χ0n) is 11.7. The van der Waals surface area contributed by atoms with Crippen LogP contribution in [0.2, 0.25) is 0 Å². The average molecular weight is 312 g/mol. The largest absolute Gasteiger partial charge is 0.463 e. The smallest absolute Gasteiger partial charge is 0.127 e. The molecule has 0 unspecified atom stereocenters. The fourth-order valence-corrected chi connectivity index (χ4v) is 2.05. The first kappa shape index (κ1) is 14.3. The normalized spacial score (nSPS) is 15.1. The quantitative estimate of drug-likeness (QED) is 0.641. The monoisotopic (exact) mass is 311 g/mol. The molecule has 0 radical (unpaired) electrons. The lowest BCUT2D eigenvalue weighted by Gasteiger charge is -2.10. The Balaban J connectivity index is 1.61. The van der Waals surface area contributed by atoms with E-state index in [2.05, 4.69) is 5.32 Å². The molecular formula is C18H14ClNO2. The van der Waals surface area contributed by atoms with E-state index in [-0.39, 0.29) is 0 Å². The first-order valence-corrected chi connectivity index (χ1v) is 7.18. The summed E-state index contributed by atoms with van der Waals surface area (Å²) in [7, 11) is 0. The van der Waals surface area contributed by atoms with E-state index in [4.69, 9.17) is 21.1 Å². The van der Waals surface area contributed by atoms with Gasteiger partial charge < -0.3 is 14.8 Å². The van der Waals surface area contributed by atoms with E-state index in [0.717, 1.165) is 17.2 Å². The van der Waals surface area contributed by atoms with Gasteiger partial charge >= 0.3 is 0 Å². The van der Waals surface area contributed by atoms with Crippen molar-refractivity contribution in [3.8, 4) is 17.2 Å². The number of hydrogen-bond donors (Lipinski definition) is 1. The predicted molar refractivity (Wildman–Crippen MR) is 87.9 cm³/mol. The number of allylic oxidation sites excluding steroid dienone is 3. The van der Waals surface area contributed by atoms with Gasteiger partial charge in [0.05, 0.1) is 5.70 Å². The lowest BCUT2D eigenvalue weighted by atomic mass is 10.3. The Labute approximate surface area is 134 Å². The minimum atomic E-state index is 0.559. The molecule has 3 nitrogen and oxygen atoms in total. The van der Waals surface area contributed by atoms with Gasteiger partial charge in [-0.3, -0.25) is 0 Å². The molecule has 4 heteroatoms.